The summed E-state index contributed by atoms with van der Waals surface area (Å²) in [6.07, 6.45) is 0. The van der Waals surface area contributed by atoms with Crippen LogP contribution in [0.15, 0.2) is 29.3 Å². The van der Waals surface area contributed by atoms with Crippen LogP contribution in [0, 0.1) is 0 Å². The molecule has 106 valence electrons. The summed E-state index contributed by atoms with van der Waals surface area (Å²) in [5.41, 5.74) is 8.49. The van der Waals surface area contributed by atoms with Crippen molar-refractivity contribution in [2.24, 2.45) is 10.7 Å². The van der Waals surface area contributed by atoms with Gasteiger partial charge in [-0.3, -0.25) is 0 Å². The van der Waals surface area contributed by atoms with Crippen molar-refractivity contribution in [2.75, 3.05) is 0 Å². The number of benzene rings is 1. The fraction of sp³-hybridized carbons (Fsp3) is 0.562. The van der Waals surface area contributed by atoms with Gasteiger partial charge < -0.3 is 11.1 Å². The Morgan fingerprint density at radius 1 is 1.05 bits per heavy atom. The van der Waals surface area contributed by atoms with E-state index < -0.39 is 0 Å². The monoisotopic (exact) mass is 261 g/mol. The van der Waals surface area contributed by atoms with Gasteiger partial charge in [-0.05, 0) is 37.3 Å². The molecule has 1 rings (SSSR count). The molecule has 0 spiro atoms. The highest BCUT2D eigenvalue weighted by Gasteiger charge is 2.13. The molecule has 19 heavy (non-hydrogen) atoms. The maximum absolute atomic E-state index is 5.85. The molecule has 0 unspecified atom stereocenters. The van der Waals surface area contributed by atoms with Gasteiger partial charge in [-0.25, -0.2) is 4.99 Å². The van der Waals surface area contributed by atoms with Crippen LogP contribution in [0.25, 0.3) is 0 Å². The summed E-state index contributed by atoms with van der Waals surface area (Å²) in [7, 11) is 0. The zero-order chi connectivity index (χ0) is 14.7. The summed E-state index contributed by atoms with van der Waals surface area (Å²) in [5, 5.41) is 3.15. The van der Waals surface area contributed by atoms with E-state index in [0.717, 1.165) is 0 Å². The third kappa shape index (κ3) is 5.77. The molecule has 0 atom stereocenters. The van der Waals surface area contributed by atoms with Gasteiger partial charge in [-0.15, -0.1) is 0 Å². The number of guanidine groups is 1. The van der Waals surface area contributed by atoms with E-state index in [1.165, 1.54) is 11.1 Å². The molecular formula is C16H27N3. The van der Waals surface area contributed by atoms with Gasteiger partial charge in [0.1, 0.15) is 0 Å². The minimum atomic E-state index is -0.0519. The molecule has 0 heterocycles. The van der Waals surface area contributed by atoms with Crippen molar-refractivity contribution in [3.05, 3.63) is 35.4 Å². The lowest BCUT2D eigenvalue weighted by Gasteiger charge is -2.21. The number of hydrogen-bond donors (Lipinski definition) is 2. The van der Waals surface area contributed by atoms with E-state index in [1.807, 2.05) is 0 Å². The van der Waals surface area contributed by atoms with Gasteiger partial charge in [0.2, 0.25) is 0 Å². The summed E-state index contributed by atoms with van der Waals surface area (Å²) in [6.45, 7) is 13.4. The predicted octanol–water partition coefficient (Wildman–Crippen LogP) is 3.19. The van der Waals surface area contributed by atoms with Crippen LogP contribution in [0.3, 0.4) is 0 Å². The Kier molecular flexibility index (Phi) is 4.61. The van der Waals surface area contributed by atoms with E-state index >= 15 is 0 Å². The Morgan fingerprint density at radius 2 is 1.58 bits per heavy atom. The topological polar surface area (TPSA) is 50.4 Å². The van der Waals surface area contributed by atoms with Crippen LogP contribution >= 0.6 is 0 Å². The molecule has 3 N–H and O–H groups in total. The second-order valence-electron chi connectivity index (χ2n) is 7.02. The van der Waals surface area contributed by atoms with E-state index in [2.05, 4.69) is 76.1 Å². The molecule has 1 aromatic rings. The van der Waals surface area contributed by atoms with Crippen LogP contribution < -0.4 is 11.1 Å². The summed E-state index contributed by atoms with van der Waals surface area (Å²) < 4.78 is 0. The van der Waals surface area contributed by atoms with Crippen LogP contribution in [0.2, 0.25) is 0 Å². The molecule has 1 aromatic carbocycles. The summed E-state index contributed by atoms with van der Waals surface area (Å²) in [4.78, 5) is 4.35. The molecule has 0 saturated carbocycles. The minimum Gasteiger partial charge on any atom is -0.370 e. The van der Waals surface area contributed by atoms with Crippen LogP contribution in [0.1, 0.15) is 52.7 Å². The van der Waals surface area contributed by atoms with Crippen LogP contribution in [-0.4, -0.2) is 11.5 Å². The average Bonchev–Trinajstić information content (AvgIpc) is 2.23. The first-order valence-electron chi connectivity index (χ1n) is 6.75. The van der Waals surface area contributed by atoms with E-state index in [-0.39, 0.29) is 11.0 Å². The first kappa shape index (κ1) is 15.5. The molecule has 0 saturated heterocycles. The van der Waals surface area contributed by atoms with E-state index in [4.69, 9.17) is 5.73 Å². The molecule has 0 aliphatic rings. The van der Waals surface area contributed by atoms with Crippen molar-refractivity contribution in [1.29, 1.82) is 0 Å². The van der Waals surface area contributed by atoms with E-state index in [1.54, 1.807) is 0 Å². The molecule has 0 aromatic heterocycles. The van der Waals surface area contributed by atoms with Gasteiger partial charge in [-0.2, -0.15) is 0 Å². The highest BCUT2D eigenvalue weighted by atomic mass is 15.1. The molecule has 3 nitrogen and oxygen atoms in total. The van der Waals surface area contributed by atoms with E-state index in [9.17, 15) is 0 Å². The molecule has 0 bridgehead atoms. The Labute approximate surface area is 117 Å². The second kappa shape index (κ2) is 5.64. The third-order valence-electron chi connectivity index (χ3n) is 2.76. The van der Waals surface area contributed by atoms with Gasteiger partial charge in [0, 0.05) is 5.54 Å². The standard InChI is InChI=1S/C16H27N3/c1-15(2,3)13-9-7-12(8-10-13)11-18-14(17)19-16(4,5)6/h7-10H,11H2,1-6H3,(H3,17,18,19). The summed E-state index contributed by atoms with van der Waals surface area (Å²) in [6, 6.07) is 8.57. The average molecular weight is 261 g/mol. The number of aliphatic imine (C=N–C) groups is 1. The normalized spacial score (nSPS) is 13.5. The van der Waals surface area contributed by atoms with Gasteiger partial charge in [0.05, 0.1) is 6.54 Å². The third-order valence-corrected chi connectivity index (χ3v) is 2.76. The largest absolute Gasteiger partial charge is 0.370 e. The van der Waals surface area contributed by atoms with Crippen LogP contribution in [0.4, 0.5) is 0 Å². The molecule has 0 amide bonds. The quantitative estimate of drug-likeness (QED) is 0.634. The fourth-order valence-corrected chi connectivity index (χ4v) is 1.71. The Bertz CT molecular complexity index is 431. The molecule has 0 aliphatic carbocycles. The van der Waals surface area contributed by atoms with Gasteiger partial charge in [0.15, 0.2) is 5.96 Å². The van der Waals surface area contributed by atoms with Gasteiger partial charge in [-0.1, -0.05) is 45.0 Å². The predicted molar refractivity (Wildman–Crippen MR) is 83.4 cm³/mol. The zero-order valence-corrected chi connectivity index (χ0v) is 13.0. The Balaban J connectivity index is 2.67. The van der Waals surface area contributed by atoms with E-state index in [0.29, 0.717) is 12.5 Å². The lowest BCUT2D eigenvalue weighted by molar-refractivity contribution is 0.508. The van der Waals surface area contributed by atoms with Crippen molar-refractivity contribution in [3.8, 4) is 0 Å². The van der Waals surface area contributed by atoms with Gasteiger partial charge in [0.25, 0.3) is 0 Å². The number of nitrogens with one attached hydrogen (secondary N) is 1. The maximum Gasteiger partial charge on any atom is 0.189 e. The van der Waals surface area contributed by atoms with Crippen molar-refractivity contribution < 1.29 is 0 Å². The molecule has 3 heteroatoms. The smallest absolute Gasteiger partial charge is 0.189 e. The lowest BCUT2D eigenvalue weighted by Crippen LogP contribution is -2.44. The number of nitrogens with zero attached hydrogens (tertiary/aromatic N) is 1. The maximum atomic E-state index is 5.85. The summed E-state index contributed by atoms with van der Waals surface area (Å²) in [5.74, 6) is 0.493. The molecule has 0 fully saturated rings. The zero-order valence-electron chi connectivity index (χ0n) is 13.0. The minimum absolute atomic E-state index is 0.0519. The van der Waals surface area contributed by atoms with Crippen molar-refractivity contribution in [3.63, 3.8) is 0 Å². The first-order valence-corrected chi connectivity index (χ1v) is 6.75. The van der Waals surface area contributed by atoms with Gasteiger partial charge >= 0.3 is 0 Å². The highest BCUT2D eigenvalue weighted by Crippen LogP contribution is 2.22. The molecular weight excluding hydrogens is 234 g/mol. The Hall–Kier alpha value is -1.51. The lowest BCUT2D eigenvalue weighted by atomic mass is 9.87. The number of rotatable bonds is 2. The summed E-state index contributed by atoms with van der Waals surface area (Å²) >= 11 is 0. The molecule has 0 aliphatic heterocycles. The number of hydrogen-bond acceptors (Lipinski definition) is 1. The molecule has 0 radical (unpaired) electrons. The van der Waals surface area contributed by atoms with Crippen molar-refractivity contribution in [2.45, 2.75) is 59.0 Å². The fourth-order valence-electron chi connectivity index (χ4n) is 1.71. The van der Waals surface area contributed by atoms with Crippen LogP contribution in [-0.2, 0) is 12.0 Å². The highest BCUT2D eigenvalue weighted by molar-refractivity contribution is 5.78. The van der Waals surface area contributed by atoms with Crippen molar-refractivity contribution >= 4 is 5.96 Å². The number of nitrogens with two attached hydrogens (primary N) is 1. The SMILES string of the molecule is CC(C)(C)NC(N)=NCc1ccc(C(C)(C)C)cc1. The van der Waals surface area contributed by atoms with Crippen LogP contribution in [0.5, 0.6) is 0 Å². The first-order chi connectivity index (χ1) is 8.58. The second-order valence-corrected chi connectivity index (χ2v) is 7.02. The van der Waals surface area contributed by atoms with Crippen molar-refractivity contribution in [1.82, 2.24) is 5.32 Å². The Morgan fingerprint density at radius 3 is 2.00 bits per heavy atom.